The fourth-order valence-corrected chi connectivity index (χ4v) is 4.37. The Morgan fingerprint density at radius 3 is 2.38 bits per heavy atom. The van der Waals surface area contributed by atoms with Crippen molar-refractivity contribution in [1.82, 2.24) is 14.7 Å². The molecule has 0 bridgehead atoms. The predicted molar refractivity (Wildman–Crippen MR) is 151 cm³/mol. The zero-order valence-corrected chi connectivity index (χ0v) is 22.6. The van der Waals surface area contributed by atoms with E-state index in [1.54, 1.807) is 9.58 Å². The van der Waals surface area contributed by atoms with Gasteiger partial charge in [0.2, 0.25) is 5.91 Å². The SMILES string of the molecule is CCCN(CC(=O)Nc1cc(C(C)(C)C)nn1-c1cccc(C)c1C)C(=O)c1ccc2ccccc2c1. The number of carbonyl (C=O) groups is 2. The summed E-state index contributed by atoms with van der Waals surface area (Å²) in [6.07, 6.45) is 0.751. The number of hydrogen-bond donors (Lipinski definition) is 1. The molecule has 0 atom stereocenters. The van der Waals surface area contributed by atoms with Gasteiger partial charge in [-0.05, 0) is 60.4 Å². The second-order valence-electron chi connectivity index (χ2n) is 10.6. The van der Waals surface area contributed by atoms with E-state index in [0.717, 1.165) is 39.7 Å². The third kappa shape index (κ3) is 5.74. The number of hydrogen-bond acceptors (Lipinski definition) is 3. The molecule has 0 aliphatic rings. The molecule has 3 aromatic carbocycles. The minimum absolute atomic E-state index is 0.0394. The Kier molecular flexibility index (Phi) is 7.48. The van der Waals surface area contributed by atoms with E-state index in [1.807, 2.05) is 67.6 Å². The third-order valence-corrected chi connectivity index (χ3v) is 6.66. The number of aryl methyl sites for hydroxylation is 1. The highest BCUT2D eigenvalue weighted by Crippen LogP contribution is 2.28. The highest BCUT2D eigenvalue weighted by atomic mass is 16.2. The van der Waals surface area contributed by atoms with Crippen LogP contribution in [0.3, 0.4) is 0 Å². The molecule has 0 aliphatic carbocycles. The molecule has 0 fully saturated rings. The van der Waals surface area contributed by atoms with Gasteiger partial charge in [-0.1, -0.05) is 70.2 Å². The second kappa shape index (κ2) is 10.6. The predicted octanol–water partition coefficient (Wildman–Crippen LogP) is 6.43. The number of aromatic nitrogens is 2. The number of benzene rings is 3. The number of anilines is 1. The molecule has 0 radical (unpaired) electrons. The molecule has 4 rings (SSSR count). The van der Waals surface area contributed by atoms with Crippen molar-refractivity contribution in [2.24, 2.45) is 0 Å². The van der Waals surface area contributed by atoms with E-state index in [-0.39, 0.29) is 23.8 Å². The van der Waals surface area contributed by atoms with Crippen molar-refractivity contribution < 1.29 is 9.59 Å². The summed E-state index contributed by atoms with van der Waals surface area (Å²) in [5.74, 6) is 0.189. The maximum atomic E-state index is 13.4. The average molecular weight is 497 g/mol. The number of nitrogens with zero attached hydrogens (tertiary/aromatic N) is 3. The molecule has 0 saturated carbocycles. The molecule has 4 aromatic rings. The summed E-state index contributed by atoms with van der Waals surface area (Å²) < 4.78 is 1.80. The first-order chi connectivity index (χ1) is 17.6. The van der Waals surface area contributed by atoms with Crippen LogP contribution in [0.4, 0.5) is 5.82 Å². The van der Waals surface area contributed by atoms with E-state index in [0.29, 0.717) is 17.9 Å². The molecule has 0 aliphatic heterocycles. The lowest BCUT2D eigenvalue weighted by Crippen LogP contribution is -2.38. The summed E-state index contributed by atoms with van der Waals surface area (Å²) in [6.45, 7) is 12.9. The lowest BCUT2D eigenvalue weighted by atomic mass is 9.92. The number of rotatable bonds is 7. The molecular weight excluding hydrogens is 460 g/mol. The topological polar surface area (TPSA) is 67.2 Å². The van der Waals surface area contributed by atoms with Crippen LogP contribution in [0.5, 0.6) is 0 Å². The monoisotopic (exact) mass is 496 g/mol. The molecule has 0 saturated heterocycles. The van der Waals surface area contributed by atoms with Crippen molar-refractivity contribution in [2.75, 3.05) is 18.4 Å². The average Bonchev–Trinajstić information content (AvgIpc) is 3.28. The Hall–Kier alpha value is -3.93. The Labute approximate surface area is 219 Å². The highest BCUT2D eigenvalue weighted by molar-refractivity contribution is 6.01. The van der Waals surface area contributed by atoms with Gasteiger partial charge in [0.05, 0.1) is 11.4 Å². The normalized spacial score (nSPS) is 11.5. The highest BCUT2D eigenvalue weighted by Gasteiger charge is 2.24. The van der Waals surface area contributed by atoms with E-state index in [2.05, 4.69) is 46.0 Å². The van der Waals surface area contributed by atoms with Crippen molar-refractivity contribution in [1.29, 1.82) is 0 Å². The van der Waals surface area contributed by atoms with Crippen LogP contribution in [-0.4, -0.2) is 39.6 Å². The minimum Gasteiger partial charge on any atom is -0.329 e. The maximum absolute atomic E-state index is 13.4. The Bertz CT molecular complexity index is 1450. The summed E-state index contributed by atoms with van der Waals surface area (Å²) in [5.41, 5.74) is 4.43. The van der Waals surface area contributed by atoms with Crippen LogP contribution in [0.2, 0.25) is 0 Å². The third-order valence-electron chi connectivity index (χ3n) is 6.66. The first-order valence-corrected chi connectivity index (χ1v) is 12.8. The molecule has 192 valence electrons. The number of fused-ring (bicyclic) bond motifs is 1. The van der Waals surface area contributed by atoms with Gasteiger partial charge in [0.15, 0.2) is 0 Å². The van der Waals surface area contributed by atoms with Gasteiger partial charge in [0.1, 0.15) is 12.4 Å². The molecule has 0 spiro atoms. The van der Waals surface area contributed by atoms with Gasteiger partial charge in [-0.25, -0.2) is 4.68 Å². The molecule has 1 heterocycles. The van der Waals surface area contributed by atoms with Crippen LogP contribution in [0.25, 0.3) is 16.5 Å². The Balaban J connectivity index is 1.60. The van der Waals surface area contributed by atoms with Crippen molar-refractivity contribution >= 4 is 28.4 Å². The Morgan fingerprint density at radius 1 is 0.946 bits per heavy atom. The summed E-state index contributed by atoms with van der Waals surface area (Å²) in [4.78, 5) is 28.3. The van der Waals surface area contributed by atoms with Gasteiger partial charge >= 0.3 is 0 Å². The van der Waals surface area contributed by atoms with Crippen LogP contribution in [-0.2, 0) is 10.2 Å². The molecule has 1 N–H and O–H groups in total. The molecule has 2 amide bonds. The minimum atomic E-state index is -0.255. The summed E-state index contributed by atoms with van der Waals surface area (Å²) in [5, 5.41) is 9.97. The van der Waals surface area contributed by atoms with Gasteiger partial charge < -0.3 is 10.2 Å². The van der Waals surface area contributed by atoms with E-state index in [9.17, 15) is 9.59 Å². The van der Waals surface area contributed by atoms with E-state index < -0.39 is 0 Å². The van der Waals surface area contributed by atoms with Crippen molar-refractivity contribution in [3.63, 3.8) is 0 Å². The first kappa shape index (κ1) is 26.1. The van der Waals surface area contributed by atoms with Crippen LogP contribution in [0.1, 0.15) is 61.3 Å². The van der Waals surface area contributed by atoms with Crippen molar-refractivity contribution in [3.05, 3.63) is 89.1 Å². The van der Waals surface area contributed by atoms with Crippen molar-refractivity contribution in [2.45, 2.75) is 53.4 Å². The molecule has 37 heavy (non-hydrogen) atoms. The maximum Gasteiger partial charge on any atom is 0.254 e. The van der Waals surface area contributed by atoms with Crippen LogP contribution >= 0.6 is 0 Å². The molecule has 6 nitrogen and oxygen atoms in total. The van der Waals surface area contributed by atoms with Crippen molar-refractivity contribution in [3.8, 4) is 5.69 Å². The van der Waals surface area contributed by atoms with E-state index in [4.69, 9.17) is 5.10 Å². The van der Waals surface area contributed by atoms with Gasteiger partial charge in [-0.3, -0.25) is 9.59 Å². The largest absolute Gasteiger partial charge is 0.329 e. The molecule has 0 unspecified atom stereocenters. The smallest absolute Gasteiger partial charge is 0.254 e. The first-order valence-electron chi connectivity index (χ1n) is 12.8. The fourth-order valence-electron chi connectivity index (χ4n) is 4.37. The summed E-state index contributed by atoms with van der Waals surface area (Å²) >= 11 is 0. The Morgan fingerprint density at radius 2 is 1.68 bits per heavy atom. The second-order valence-corrected chi connectivity index (χ2v) is 10.6. The van der Waals surface area contributed by atoms with Crippen LogP contribution < -0.4 is 5.32 Å². The molecule has 1 aromatic heterocycles. The van der Waals surface area contributed by atoms with E-state index in [1.165, 1.54) is 0 Å². The van der Waals surface area contributed by atoms with Gasteiger partial charge in [-0.2, -0.15) is 5.10 Å². The summed E-state index contributed by atoms with van der Waals surface area (Å²) in [7, 11) is 0. The zero-order chi connectivity index (χ0) is 26.7. The number of carbonyl (C=O) groups excluding carboxylic acids is 2. The quantitative estimate of drug-likeness (QED) is 0.321. The van der Waals surface area contributed by atoms with E-state index >= 15 is 0 Å². The molecular formula is C31H36N4O2. The van der Waals surface area contributed by atoms with Gasteiger partial charge in [-0.15, -0.1) is 0 Å². The standard InChI is InChI=1S/C31H36N4O2/c1-7-17-34(30(37)25-16-15-23-12-8-9-13-24(23)18-25)20-29(36)32-28-19-27(31(4,5)6)33-35(28)26-14-10-11-21(2)22(26)3/h8-16,18-19H,7,17,20H2,1-6H3,(H,32,36). The van der Waals surface area contributed by atoms with Gasteiger partial charge in [0.25, 0.3) is 5.91 Å². The van der Waals surface area contributed by atoms with Crippen LogP contribution in [0, 0.1) is 13.8 Å². The number of nitrogens with one attached hydrogen (secondary N) is 1. The zero-order valence-electron chi connectivity index (χ0n) is 22.6. The van der Waals surface area contributed by atoms with Gasteiger partial charge in [0, 0.05) is 23.6 Å². The summed E-state index contributed by atoms with van der Waals surface area (Å²) in [6, 6.07) is 21.6. The van der Waals surface area contributed by atoms with Crippen LogP contribution in [0.15, 0.2) is 66.7 Å². The fraction of sp³-hybridized carbons (Fsp3) is 0.323. The lowest BCUT2D eigenvalue weighted by Gasteiger charge is -2.22. The molecule has 6 heteroatoms. The number of amides is 2. The lowest BCUT2D eigenvalue weighted by molar-refractivity contribution is -0.116.